The number of carbonyl (C=O) groups is 1. The molecule has 0 aromatic heterocycles. The van der Waals surface area contributed by atoms with Crippen LogP contribution < -0.4 is 14.8 Å². The molecule has 0 radical (unpaired) electrons. The molecule has 0 saturated carbocycles. The number of hydrogen-bond donors (Lipinski definition) is 1. The maximum absolute atomic E-state index is 12.8. The number of sulfonamides is 1. The van der Waals surface area contributed by atoms with Crippen molar-refractivity contribution in [3.63, 3.8) is 0 Å². The van der Waals surface area contributed by atoms with Crippen LogP contribution in [0.1, 0.15) is 5.56 Å². The van der Waals surface area contributed by atoms with Crippen LogP contribution in [0, 0.1) is 6.92 Å². The highest BCUT2D eigenvalue weighted by Crippen LogP contribution is 2.32. The Morgan fingerprint density at radius 1 is 1.25 bits per heavy atom. The summed E-state index contributed by atoms with van der Waals surface area (Å²) in [7, 11) is -2.46. The fraction of sp³-hybridized carbons (Fsp3) is 0.188. The molecule has 0 saturated heterocycles. The molecule has 0 heterocycles. The zero-order valence-electron chi connectivity index (χ0n) is 13.2. The van der Waals surface area contributed by atoms with Gasteiger partial charge in [0.25, 0.3) is 15.9 Å². The Bertz CT molecular complexity index is 854. The zero-order chi connectivity index (χ0) is 17.9. The Balaban J connectivity index is 2.46. The number of anilines is 1. The molecule has 2 N–H and O–H groups in total. The van der Waals surface area contributed by atoms with Crippen molar-refractivity contribution in [1.82, 2.24) is 0 Å². The van der Waals surface area contributed by atoms with E-state index < -0.39 is 15.9 Å². The van der Waals surface area contributed by atoms with E-state index in [0.29, 0.717) is 11.3 Å². The van der Waals surface area contributed by atoms with Crippen LogP contribution in [0.25, 0.3) is 0 Å². The first-order valence-electron chi connectivity index (χ1n) is 6.98. The maximum Gasteiger partial charge on any atom is 0.265 e. The molecule has 8 heteroatoms. The van der Waals surface area contributed by atoms with Gasteiger partial charge in [0.2, 0.25) is 0 Å². The van der Waals surface area contributed by atoms with E-state index >= 15 is 0 Å². The van der Waals surface area contributed by atoms with Gasteiger partial charge in [0.15, 0.2) is 6.61 Å². The van der Waals surface area contributed by atoms with E-state index in [0.717, 1.165) is 4.31 Å². The minimum atomic E-state index is -3.90. The quantitative estimate of drug-likeness (QED) is 0.847. The van der Waals surface area contributed by atoms with Crippen molar-refractivity contribution in [1.29, 1.82) is 0 Å². The van der Waals surface area contributed by atoms with E-state index in [1.165, 1.54) is 19.2 Å². The zero-order valence-corrected chi connectivity index (χ0v) is 14.8. The fourth-order valence-corrected chi connectivity index (χ4v) is 3.83. The number of carbonyl (C=O) groups excluding carboxylic acids is 1. The largest absolute Gasteiger partial charge is 0.483 e. The van der Waals surface area contributed by atoms with Crippen molar-refractivity contribution < 1.29 is 17.9 Å². The van der Waals surface area contributed by atoms with Crippen LogP contribution in [0.2, 0.25) is 5.02 Å². The minimum Gasteiger partial charge on any atom is -0.483 e. The van der Waals surface area contributed by atoms with Gasteiger partial charge in [-0.15, -0.1) is 0 Å². The monoisotopic (exact) mass is 368 g/mol. The first-order valence-corrected chi connectivity index (χ1v) is 8.80. The van der Waals surface area contributed by atoms with Crippen LogP contribution in [-0.4, -0.2) is 28.0 Å². The van der Waals surface area contributed by atoms with Gasteiger partial charge in [-0.2, -0.15) is 0 Å². The van der Waals surface area contributed by atoms with Gasteiger partial charge in [-0.25, -0.2) is 8.42 Å². The first kappa shape index (κ1) is 18.1. The number of hydrogen-bond acceptors (Lipinski definition) is 4. The number of halogens is 1. The number of nitrogens with zero attached hydrogens (tertiary/aromatic N) is 1. The van der Waals surface area contributed by atoms with Gasteiger partial charge in [-0.05, 0) is 30.7 Å². The lowest BCUT2D eigenvalue weighted by Crippen LogP contribution is -2.27. The number of para-hydroxylation sites is 1. The van der Waals surface area contributed by atoms with Crippen molar-refractivity contribution in [2.45, 2.75) is 11.8 Å². The van der Waals surface area contributed by atoms with Gasteiger partial charge < -0.3 is 10.5 Å². The lowest BCUT2D eigenvalue weighted by molar-refractivity contribution is -0.119. The van der Waals surface area contributed by atoms with Gasteiger partial charge in [0.05, 0.1) is 10.7 Å². The highest BCUT2D eigenvalue weighted by molar-refractivity contribution is 7.93. The molecular formula is C16H17ClN2O4S. The standard InChI is InChI=1S/C16H17ClN2O4S/c1-11-8-13(17)15(9-14(11)23-10-16(18)20)24(21,22)19(2)12-6-4-3-5-7-12/h3-9H,10H2,1-2H3,(H2,18,20). The number of rotatable bonds is 6. The normalized spacial score (nSPS) is 11.1. The van der Waals surface area contributed by atoms with Crippen LogP contribution in [0.3, 0.4) is 0 Å². The summed E-state index contributed by atoms with van der Waals surface area (Å²) in [6.45, 7) is 1.34. The molecular weight excluding hydrogens is 352 g/mol. The average molecular weight is 369 g/mol. The van der Waals surface area contributed by atoms with E-state index in [2.05, 4.69) is 0 Å². The van der Waals surface area contributed by atoms with E-state index in [1.54, 1.807) is 37.3 Å². The molecule has 1 amide bonds. The number of aryl methyl sites for hydroxylation is 1. The third-order valence-corrected chi connectivity index (χ3v) is 5.61. The average Bonchev–Trinajstić information content (AvgIpc) is 2.53. The summed E-state index contributed by atoms with van der Waals surface area (Å²) in [5.41, 5.74) is 6.15. The number of nitrogens with two attached hydrogens (primary N) is 1. The van der Waals surface area contributed by atoms with Crippen LogP contribution >= 0.6 is 11.6 Å². The van der Waals surface area contributed by atoms with Crippen LogP contribution in [0.15, 0.2) is 47.4 Å². The van der Waals surface area contributed by atoms with E-state index in [1.807, 2.05) is 0 Å². The van der Waals surface area contributed by atoms with Gasteiger partial charge >= 0.3 is 0 Å². The second kappa shape index (κ2) is 7.11. The summed E-state index contributed by atoms with van der Waals surface area (Å²) in [5.74, 6) is -0.423. The van der Waals surface area contributed by atoms with Crippen molar-refractivity contribution in [2.24, 2.45) is 5.73 Å². The van der Waals surface area contributed by atoms with E-state index in [-0.39, 0.29) is 22.3 Å². The second-order valence-electron chi connectivity index (χ2n) is 5.11. The predicted molar refractivity (Wildman–Crippen MR) is 92.9 cm³/mol. The second-order valence-corrected chi connectivity index (χ2v) is 7.46. The molecule has 0 unspecified atom stereocenters. The molecule has 0 fully saturated rings. The highest BCUT2D eigenvalue weighted by atomic mass is 35.5. The molecule has 0 aliphatic rings. The van der Waals surface area contributed by atoms with Crippen molar-refractivity contribution in [3.05, 3.63) is 53.1 Å². The van der Waals surface area contributed by atoms with Gasteiger partial charge in [-0.3, -0.25) is 9.10 Å². The Kier molecular flexibility index (Phi) is 5.36. The Morgan fingerprint density at radius 3 is 2.46 bits per heavy atom. The SMILES string of the molecule is Cc1cc(Cl)c(S(=O)(=O)N(C)c2ccccc2)cc1OCC(N)=O. The molecule has 24 heavy (non-hydrogen) atoms. The molecule has 6 nitrogen and oxygen atoms in total. The highest BCUT2D eigenvalue weighted by Gasteiger charge is 2.25. The summed E-state index contributed by atoms with van der Waals surface area (Å²) in [6.07, 6.45) is 0. The van der Waals surface area contributed by atoms with Gasteiger partial charge in [0.1, 0.15) is 10.6 Å². The molecule has 2 aromatic carbocycles. The summed E-state index contributed by atoms with van der Waals surface area (Å²) >= 11 is 6.13. The third-order valence-electron chi connectivity index (χ3n) is 3.36. The van der Waals surface area contributed by atoms with Crippen LogP contribution in [-0.2, 0) is 14.8 Å². The van der Waals surface area contributed by atoms with E-state index in [4.69, 9.17) is 22.1 Å². The molecule has 0 aliphatic heterocycles. The molecule has 0 spiro atoms. The van der Waals surface area contributed by atoms with Crippen LogP contribution in [0.4, 0.5) is 5.69 Å². The van der Waals surface area contributed by atoms with Crippen molar-refractivity contribution >= 4 is 33.2 Å². The summed E-state index contributed by atoms with van der Waals surface area (Å²) in [4.78, 5) is 10.8. The smallest absolute Gasteiger partial charge is 0.265 e. The first-order chi connectivity index (χ1) is 11.2. The summed E-state index contributed by atoms with van der Waals surface area (Å²) in [6, 6.07) is 11.4. The molecule has 0 bridgehead atoms. The van der Waals surface area contributed by atoms with Gasteiger partial charge in [0, 0.05) is 13.1 Å². The molecule has 0 atom stereocenters. The van der Waals surface area contributed by atoms with Gasteiger partial charge in [-0.1, -0.05) is 29.8 Å². The van der Waals surface area contributed by atoms with E-state index in [9.17, 15) is 13.2 Å². The number of amides is 1. The number of benzene rings is 2. The lowest BCUT2D eigenvalue weighted by Gasteiger charge is -2.21. The summed E-state index contributed by atoms with van der Waals surface area (Å²) < 4.78 is 32.1. The molecule has 2 rings (SSSR count). The number of primary amides is 1. The van der Waals surface area contributed by atoms with Crippen LogP contribution in [0.5, 0.6) is 5.75 Å². The minimum absolute atomic E-state index is 0.0710. The predicted octanol–water partition coefficient (Wildman–Crippen LogP) is 2.34. The topological polar surface area (TPSA) is 89.7 Å². The Hall–Kier alpha value is -2.25. The molecule has 0 aliphatic carbocycles. The lowest BCUT2D eigenvalue weighted by atomic mass is 10.2. The Labute approximate surface area is 145 Å². The summed E-state index contributed by atoms with van der Waals surface area (Å²) in [5, 5.41) is 0.0710. The fourth-order valence-electron chi connectivity index (χ4n) is 2.06. The number of ether oxygens (including phenoxy) is 1. The maximum atomic E-state index is 12.8. The Morgan fingerprint density at radius 2 is 1.88 bits per heavy atom. The van der Waals surface area contributed by atoms with Crippen molar-refractivity contribution in [2.75, 3.05) is 18.0 Å². The molecule has 128 valence electrons. The molecule has 2 aromatic rings. The van der Waals surface area contributed by atoms with Crippen molar-refractivity contribution in [3.8, 4) is 5.75 Å². The third kappa shape index (κ3) is 3.80.